The summed E-state index contributed by atoms with van der Waals surface area (Å²) in [5, 5.41) is 4.42. The van der Waals surface area contributed by atoms with Gasteiger partial charge in [0.05, 0.1) is 5.02 Å². The van der Waals surface area contributed by atoms with Crippen molar-refractivity contribution in [3.8, 4) is 5.75 Å². The summed E-state index contributed by atoms with van der Waals surface area (Å²) in [5.41, 5.74) is 0. The van der Waals surface area contributed by atoms with Crippen molar-refractivity contribution in [2.24, 2.45) is 5.92 Å². The number of benzene rings is 1. The van der Waals surface area contributed by atoms with Gasteiger partial charge in [0.1, 0.15) is 16.9 Å². The van der Waals surface area contributed by atoms with Crippen LogP contribution < -0.4 is 10.1 Å². The largest absolute Gasteiger partial charge is 0.488 e. The smallest absolute Gasteiger partial charge is 0.139 e. The summed E-state index contributed by atoms with van der Waals surface area (Å²) in [6.07, 6.45) is 2.35. The van der Waals surface area contributed by atoms with Crippen molar-refractivity contribution in [1.29, 1.82) is 0 Å². The molecule has 1 aromatic carbocycles. The quantitative estimate of drug-likeness (QED) is 0.902. The van der Waals surface area contributed by atoms with Gasteiger partial charge in [-0.05, 0) is 31.5 Å². The maximum atomic E-state index is 6.13. The first-order chi connectivity index (χ1) is 8.22. The molecule has 0 bridgehead atoms. The van der Waals surface area contributed by atoms with E-state index in [1.54, 1.807) is 6.07 Å². The first kappa shape index (κ1) is 13.0. The highest BCUT2D eigenvalue weighted by molar-refractivity contribution is 6.42. The van der Waals surface area contributed by atoms with Gasteiger partial charge in [0.25, 0.3) is 0 Å². The molecule has 0 aliphatic carbocycles. The Kier molecular flexibility index (Phi) is 4.55. The Labute approximate surface area is 112 Å². The summed E-state index contributed by atoms with van der Waals surface area (Å²) in [5.74, 6) is 1.26. The molecular weight excluding hydrogens is 257 g/mol. The number of nitrogens with one attached hydrogen (secondary N) is 1. The van der Waals surface area contributed by atoms with Crippen molar-refractivity contribution < 1.29 is 4.74 Å². The monoisotopic (exact) mass is 273 g/mol. The molecule has 1 N–H and O–H groups in total. The van der Waals surface area contributed by atoms with E-state index >= 15 is 0 Å². The number of halogens is 2. The average Bonchev–Trinajstić information content (AvgIpc) is 2.85. The summed E-state index contributed by atoms with van der Waals surface area (Å²) < 4.78 is 6.00. The van der Waals surface area contributed by atoms with E-state index in [0.717, 1.165) is 25.9 Å². The first-order valence-corrected chi connectivity index (χ1v) is 6.79. The highest BCUT2D eigenvalue weighted by Gasteiger charge is 2.25. The van der Waals surface area contributed by atoms with E-state index in [0.29, 0.717) is 21.7 Å². The van der Waals surface area contributed by atoms with E-state index < -0.39 is 0 Å². The molecule has 94 valence electrons. The van der Waals surface area contributed by atoms with Crippen molar-refractivity contribution in [3.63, 3.8) is 0 Å². The number of hydrogen-bond acceptors (Lipinski definition) is 2. The number of rotatable bonds is 4. The Morgan fingerprint density at radius 1 is 1.47 bits per heavy atom. The number of hydrogen-bond donors (Lipinski definition) is 1. The molecule has 4 heteroatoms. The molecule has 1 aromatic rings. The van der Waals surface area contributed by atoms with Gasteiger partial charge < -0.3 is 10.1 Å². The van der Waals surface area contributed by atoms with Gasteiger partial charge in [0, 0.05) is 12.5 Å². The Morgan fingerprint density at radius 2 is 2.29 bits per heavy atom. The molecule has 17 heavy (non-hydrogen) atoms. The minimum absolute atomic E-state index is 0.209. The van der Waals surface area contributed by atoms with Crippen LogP contribution in [0.15, 0.2) is 18.2 Å². The molecule has 0 radical (unpaired) electrons. The molecule has 2 atom stereocenters. The molecule has 1 aliphatic heterocycles. The van der Waals surface area contributed by atoms with Crippen LogP contribution in [0.2, 0.25) is 10.0 Å². The van der Waals surface area contributed by atoms with Gasteiger partial charge in [-0.3, -0.25) is 0 Å². The fourth-order valence-corrected chi connectivity index (χ4v) is 2.58. The highest BCUT2D eigenvalue weighted by Crippen LogP contribution is 2.33. The number of ether oxygens (including phenoxy) is 1. The Hall–Kier alpha value is -0.440. The van der Waals surface area contributed by atoms with Crippen LogP contribution in [0.5, 0.6) is 5.75 Å². The maximum absolute atomic E-state index is 6.13. The third-order valence-corrected chi connectivity index (χ3v) is 4.02. The third-order valence-electron chi connectivity index (χ3n) is 3.22. The minimum Gasteiger partial charge on any atom is -0.488 e. The second-order valence-corrected chi connectivity index (χ2v) is 5.15. The van der Waals surface area contributed by atoms with Crippen LogP contribution in [0.4, 0.5) is 0 Å². The fourth-order valence-electron chi connectivity index (χ4n) is 2.25. The molecule has 2 nitrogen and oxygen atoms in total. The molecule has 0 saturated carbocycles. The lowest BCUT2D eigenvalue weighted by Gasteiger charge is -2.23. The minimum atomic E-state index is 0.209. The van der Waals surface area contributed by atoms with Crippen LogP contribution in [0.1, 0.15) is 19.8 Å². The van der Waals surface area contributed by atoms with E-state index in [9.17, 15) is 0 Å². The van der Waals surface area contributed by atoms with Crippen molar-refractivity contribution >= 4 is 23.2 Å². The van der Waals surface area contributed by atoms with Gasteiger partial charge in [-0.15, -0.1) is 0 Å². The molecule has 1 heterocycles. The van der Waals surface area contributed by atoms with Crippen LogP contribution in [-0.2, 0) is 0 Å². The predicted octanol–water partition coefficient (Wildman–Crippen LogP) is 3.76. The van der Waals surface area contributed by atoms with Gasteiger partial charge in [-0.25, -0.2) is 0 Å². The SMILES string of the molecule is CC[C@H](Oc1cccc(Cl)c1Cl)C1CCNC1. The second-order valence-electron chi connectivity index (χ2n) is 4.37. The van der Waals surface area contributed by atoms with Crippen LogP contribution in [0.25, 0.3) is 0 Å². The van der Waals surface area contributed by atoms with Crippen molar-refractivity contribution in [3.05, 3.63) is 28.2 Å². The molecule has 1 saturated heterocycles. The standard InChI is InChI=1S/C13H17Cl2NO/c1-2-11(9-6-7-16-8-9)17-12-5-3-4-10(14)13(12)15/h3-5,9,11,16H,2,6-8H2,1H3/t9?,11-/m0/s1. The summed E-state index contributed by atoms with van der Waals surface area (Å²) in [6, 6.07) is 5.51. The van der Waals surface area contributed by atoms with Gasteiger partial charge in [0.2, 0.25) is 0 Å². The molecule has 0 spiro atoms. The van der Waals surface area contributed by atoms with Crippen LogP contribution in [0.3, 0.4) is 0 Å². The maximum Gasteiger partial charge on any atom is 0.139 e. The van der Waals surface area contributed by atoms with Crippen LogP contribution in [0, 0.1) is 5.92 Å². The highest BCUT2D eigenvalue weighted by atomic mass is 35.5. The van der Waals surface area contributed by atoms with E-state index in [-0.39, 0.29) is 6.10 Å². The van der Waals surface area contributed by atoms with Crippen molar-refractivity contribution in [2.45, 2.75) is 25.9 Å². The average molecular weight is 274 g/mol. The summed E-state index contributed by atoms with van der Waals surface area (Å²) in [4.78, 5) is 0. The van der Waals surface area contributed by atoms with E-state index in [1.807, 2.05) is 12.1 Å². The van der Waals surface area contributed by atoms with Crippen LogP contribution in [-0.4, -0.2) is 19.2 Å². The van der Waals surface area contributed by atoms with E-state index in [4.69, 9.17) is 27.9 Å². The molecule has 1 unspecified atom stereocenters. The van der Waals surface area contributed by atoms with Gasteiger partial charge in [-0.1, -0.05) is 36.2 Å². The summed E-state index contributed by atoms with van der Waals surface area (Å²) in [6.45, 7) is 4.24. The third kappa shape index (κ3) is 3.06. The summed E-state index contributed by atoms with van der Waals surface area (Å²) >= 11 is 12.1. The van der Waals surface area contributed by atoms with E-state index in [2.05, 4.69) is 12.2 Å². The lowest BCUT2D eigenvalue weighted by molar-refractivity contribution is 0.138. The molecular formula is C13H17Cl2NO. The second kappa shape index (κ2) is 5.94. The molecule has 2 rings (SSSR count). The van der Waals surface area contributed by atoms with Gasteiger partial charge in [0.15, 0.2) is 0 Å². The van der Waals surface area contributed by atoms with E-state index in [1.165, 1.54) is 0 Å². The topological polar surface area (TPSA) is 21.3 Å². The zero-order valence-corrected chi connectivity index (χ0v) is 11.4. The van der Waals surface area contributed by atoms with Crippen molar-refractivity contribution in [2.75, 3.05) is 13.1 Å². The molecule has 0 amide bonds. The lowest BCUT2D eigenvalue weighted by atomic mass is 9.99. The normalized spacial score (nSPS) is 21.5. The predicted molar refractivity (Wildman–Crippen MR) is 72.1 cm³/mol. The Bertz CT molecular complexity index is 378. The first-order valence-electron chi connectivity index (χ1n) is 6.03. The Morgan fingerprint density at radius 3 is 2.94 bits per heavy atom. The summed E-state index contributed by atoms with van der Waals surface area (Å²) in [7, 11) is 0. The lowest BCUT2D eigenvalue weighted by Crippen LogP contribution is -2.28. The molecule has 1 fully saturated rings. The fraction of sp³-hybridized carbons (Fsp3) is 0.538. The molecule has 0 aromatic heterocycles. The van der Waals surface area contributed by atoms with Gasteiger partial charge >= 0.3 is 0 Å². The zero-order chi connectivity index (χ0) is 12.3. The van der Waals surface area contributed by atoms with Crippen molar-refractivity contribution in [1.82, 2.24) is 5.32 Å². The molecule has 1 aliphatic rings. The zero-order valence-electron chi connectivity index (χ0n) is 9.88. The van der Waals surface area contributed by atoms with Crippen LogP contribution >= 0.6 is 23.2 Å². The Balaban J connectivity index is 2.09. The van der Waals surface area contributed by atoms with Gasteiger partial charge in [-0.2, -0.15) is 0 Å².